The maximum absolute atomic E-state index is 6.42. The fraction of sp³-hybridized carbons (Fsp3) is 0.133. The third-order valence-corrected chi connectivity index (χ3v) is 10.3. The summed E-state index contributed by atoms with van der Waals surface area (Å²) in [7, 11) is 0. The van der Waals surface area contributed by atoms with E-state index in [9.17, 15) is 0 Å². The molecule has 0 fully saturated rings. The topological polar surface area (TPSA) is 25.5 Å². The third kappa shape index (κ3) is 4.51. The summed E-state index contributed by atoms with van der Waals surface area (Å²) < 4.78 is 6.42. The fourth-order valence-corrected chi connectivity index (χ4v) is 8.14. The molecule has 0 aliphatic carbocycles. The predicted octanol–water partition coefficient (Wildman–Crippen LogP) is 12.5. The van der Waals surface area contributed by atoms with Gasteiger partial charge in [0.1, 0.15) is 11.2 Å². The molecule has 9 rings (SSSR count). The largest absolute Gasteiger partial charge is 0.456 e. The van der Waals surface area contributed by atoms with Crippen molar-refractivity contribution in [2.24, 2.45) is 10.9 Å². The highest BCUT2D eigenvalue weighted by atomic mass is 16.3. The molecule has 2 heteroatoms. The second-order valence-corrected chi connectivity index (χ2v) is 13.0. The van der Waals surface area contributed by atoms with Gasteiger partial charge in [-0.3, -0.25) is 4.99 Å². The molecule has 1 aliphatic rings. The Bertz CT molecular complexity index is 2560. The van der Waals surface area contributed by atoms with E-state index in [4.69, 9.17) is 9.41 Å². The van der Waals surface area contributed by atoms with Crippen LogP contribution in [0.2, 0.25) is 0 Å². The van der Waals surface area contributed by atoms with Gasteiger partial charge in [-0.05, 0) is 92.2 Å². The van der Waals surface area contributed by atoms with Crippen molar-refractivity contribution in [3.05, 3.63) is 162 Å². The lowest BCUT2D eigenvalue weighted by atomic mass is 9.77. The Hall–Kier alpha value is -5.47. The fourth-order valence-electron chi connectivity index (χ4n) is 8.14. The average Bonchev–Trinajstić information content (AvgIpc) is 3.44. The summed E-state index contributed by atoms with van der Waals surface area (Å²) in [6.45, 7) is 4.67. The summed E-state index contributed by atoms with van der Waals surface area (Å²) in [5.41, 5.74) is 9.53. The van der Waals surface area contributed by atoms with Gasteiger partial charge in [0.15, 0.2) is 0 Å². The molecule has 2 heterocycles. The SMILES string of the molecule is CCC1C(c2cc3ccccc3c3ccccc23)=C(C)CC(c2ccc3ccccc3c2)=NC1c1cccc2oc3ccccc3c12. The zero-order chi connectivity index (χ0) is 31.5. The summed E-state index contributed by atoms with van der Waals surface area (Å²) in [5, 5.41) is 9.99. The van der Waals surface area contributed by atoms with Crippen LogP contribution in [0.15, 0.2) is 155 Å². The van der Waals surface area contributed by atoms with E-state index in [1.807, 2.05) is 0 Å². The van der Waals surface area contributed by atoms with Gasteiger partial charge in [-0.25, -0.2) is 0 Å². The van der Waals surface area contributed by atoms with Crippen molar-refractivity contribution in [3.63, 3.8) is 0 Å². The van der Waals surface area contributed by atoms with Crippen molar-refractivity contribution in [1.29, 1.82) is 0 Å². The number of rotatable bonds is 4. The number of allylic oxidation sites excluding steroid dienone is 1. The number of nitrogens with zero attached hydrogens (tertiary/aromatic N) is 1. The Morgan fingerprint density at radius 3 is 2.13 bits per heavy atom. The molecule has 8 aromatic rings. The van der Waals surface area contributed by atoms with E-state index < -0.39 is 0 Å². The first-order valence-corrected chi connectivity index (χ1v) is 16.7. The number of hydrogen-bond donors (Lipinski definition) is 0. The smallest absolute Gasteiger partial charge is 0.135 e. The van der Waals surface area contributed by atoms with Gasteiger partial charge in [-0.15, -0.1) is 0 Å². The van der Waals surface area contributed by atoms with E-state index in [0.717, 1.165) is 35.1 Å². The second-order valence-electron chi connectivity index (χ2n) is 13.0. The Morgan fingerprint density at radius 2 is 1.30 bits per heavy atom. The Balaban J connectivity index is 1.35. The van der Waals surface area contributed by atoms with Crippen LogP contribution < -0.4 is 0 Å². The van der Waals surface area contributed by atoms with Gasteiger partial charge in [0.2, 0.25) is 0 Å². The molecule has 0 saturated carbocycles. The van der Waals surface area contributed by atoms with Gasteiger partial charge in [0, 0.05) is 28.8 Å². The van der Waals surface area contributed by atoms with E-state index in [-0.39, 0.29) is 12.0 Å². The van der Waals surface area contributed by atoms with E-state index in [2.05, 4.69) is 153 Å². The molecular weight excluding hydrogens is 571 g/mol. The first kappa shape index (κ1) is 27.8. The molecule has 0 N–H and O–H groups in total. The van der Waals surface area contributed by atoms with Crippen LogP contribution in [-0.4, -0.2) is 5.71 Å². The highest BCUT2D eigenvalue weighted by molar-refractivity contribution is 6.13. The van der Waals surface area contributed by atoms with Crippen LogP contribution in [0, 0.1) is 5.92 Å². The quantitative estimate of drug-likeness (QED) is 0.183. The minimum Gasteiger partial charge on any atom is -0.456 e. The summed E-state index contributed by atoms with van der Waals surface area (Å²) in [6, 6.07) is 50.5. The normalized spacial score (nSPS) is 17.2. The van der Waals surface area contributed by atoms with Crippen LogP contribution in [-0.2, 0) is 0 Å². The Kier molecular flexibility index (Phi) is 6.57. The van der Waals surface area contributed by atoms with Crippen molar-refractivity contribution < 1.29 is 4.42 Å². The summed E-state index contributed by atoms with van der Waals surface area (Å²) in [5.74, 6) is 0.164. The minimum atomic E-state index is -0.0936. The Morgan fingerprint density at radius 1 is 0.617 bits per heavy atom. The predicted molar refractivity (Wildman–Crippen MR) is 199 cm³/mol. The zero-order valence-corrected chi connectivity index (χ0v) is 26.7. The second kappa shape index (κ2) is 11.1. The molecule has 0 radical (unpaired) electrons. The van der Waals surface area contributed by atoms with Gasteiger partial charge < -0.3 is 4.42 Å². The molecule has 1 aliphatic heterocycles. The molecule has 2 atom stereocenters. The number of aliphatic imine (C=N–C) groups is 1. The molecule has 0 amide bonds. The van der Waals surface area contributed by atoms with Crippen molar-refractivity contribution in [2.45, 2.75) is 32.7 Å². The van der Waals surface area contributed by atoms with Crippen LogP contribution in [0.1, 0.15) is 49.4 Å². The van der Waals surface area contributed by atoms with Crippen LogP contribution >= 0.6 is 0 Å². The molecule has 226 valence electrons. The number of fused-ring (bicyclic) bond motifs is 7. The number of benzene rings is 7. The average molecular weight is 606 g/mol. The van der Waals surface area contributed by atoms with Gasteiger partial charge in [0.05, 0.1) is 6.04 Å². The lowest BCUT2D eigenvalue weighted by Gasteiger charge is -2.28. The molecule has 2 nitrogen and oxygen atoms in total. The van der Waals surface area contributed by atoms with Gasteiger partial charge in [0.25, 0.3) is 0 Å². The molecule has 2 unspecified atom stereocenters. The summed E-state index contributed by atoms with van der Waals surface area (Å²) >= 11 is 0. The standard InChI is InChI=1S/C45H35NO/c1-3-33-43(39-27-31-15-6-7-16-34(31)35-17-8-9-18-36(35)39)28(2)25-40(32-24-23-29-13-4-5-14-30(29)26-32)46-45(33)38-20-12-22-42-44(38)37-19-10-11-21-41(37)47-42/h4-24,26-27,33,45H,3,25H2,1-2H3. The molecule has 0 bridgehead atoms. The van der Waals surface area contributed by atoms with Crippen molar-refractivity contribution in [2.75, 3.05) is 0 Å². The number of furan rings is 1. The van der Waals surface area contributed by atoms with Crippen molar-refractivity contribution in [3.8, 4) is 0 Å². The first-order valence-electron chi connectivity index (χ1n) is 16.7. The van der Waals surface area contributed by atoms with Crippen LogP contribution in [0.3, 0.4) is 0 Å². The monoisotopic (exact) mass is 605 g/mol. The van der Waals surface area contributed by atoms with E-state index in [1.54, 1.807) is 0 Å². The maximum Gasteiger partial charge on any atom is 0.135 e. The zero-order valence-electron chi connectivity index (χ0n) is 26.7. The first-order chi connectivity index (χ1) is 23.2. The molecule has 1 aromatic heterocycles. The summed E-state index contributed by atoms with van der Waals surface area (Å²) in [6.07, 6.45) is 1.75. The third-order valence-electron chi connectivity index (χ3n) is 10.3. The Labute approximate surface area is 274 Å². The molecule has 7 aromatic carbocycles. The van der Waals surface area contributed by atoms with Gasteiger partial charge in [-0.1, -0.05) is 128 Å². The number of para-hydroxylation sites is 1. The van der Waals surface area contributed by atoms with Crippen molar-refractivity contribution in [1.82, 2.24) is 0 Å². The highest BCUT2D eigenvalue weighted by Crippen LogP contribution is 2.49. The van der Waals surface area contributed by atoms with Gasteiger partial charge >= 0.3 is 0 Å². The molecular formula is C45H35NO. The molecule has 0 spiro atoms. The van der Waals surface area contributed by atoms with Crippen LogP contribution in [0.4, 0.5) is 0 Å². The lowest BCUT2D eigenvalue weighted by Crippen LogP contribution is -2.14. The van der Waals surface area contributed by atoms with Crippen LogP contribution in [0.5, 0.6) is 0 Å². The van der Waals surface area contributed by atoms with Gasteiger partial charge in [-0.2, -0.15) is 0 Å². The highest BCUT2D eigenvalue weighted by Gasteiger charge is 2.33. The lowest BCUT2D eigenvalue weighted by molar-refractivity contribution is 0.528. The minimum absolute atomic E-state index is 0.0936. The van der Waals surface area contributed by atoms with E-state index in [1.165, 1.54) is 65.5 Å². The van der Waals surface area contributed by atoms with Crippen molar-refractivity contribution >= 4 is 65.5 Å². The summed E-state index contributed by atoms with van der Waals surface area (Å²) in [4.78, 5) is 5.81. The molecule has 0 saturated heterocycles. The number of hydrogen-bond acceptors (Lipinski definition) is 2. The van der Waals surface area contributed by atoms with E-state index >= 15 is 0 Å². The molecule has 47 heavy (non-hydrogen) atoms. The van der Waals surface area contributed by atoms with E-state index in [0.29, 0.717) is 0 Å². The van der Waals surface area contributed by atoms with Crippen LogP contribution in [0.25, 0.3) is 59.8 Å². The maximum atomic E-state index is 6.42.